The van der Waals surface area contributed by atoms with Crippen LogP contribution in [0.2, 0.25) is 5.02 Å². The minimum absolute atomic E-state index is 0.0430. The van der Waals surface area contributed by atoms with Crippen LogP contribution in [0.5, 0.6) is 0 Å². The molecule has 7 heteroatoms. The van der Waals surface area contributed by atoms with Crippen molar-refractivity contribution < 1.29 is 4.92 Å². The maximum atomic E-state index is 11.0. The van der Waals surface area contributed by atoms with Gasteiger partial charge in [0.2, 0.25) is 0 Å². The van der Waals surface area contributed by atoms with Gasteiger partial charge in [-0.15, -0.1) is 0 Å². The van der Waals surface area contributed by atoms with Gasteiger partial charge in [0, 0.05) is 33.8 Å². The zero-order chi connectivity index (χ0) is 18.0. The Kier molecular flexibility index (Phi) is 4.33. The average molecular weight is 351 g/mol. The Labute approximate surface area is 148 Å². The lowest BCUT2D eigenvalue weighted by molar-refractivity contribution is -0.384. The fourth-order valence-corrected chi connectivity index (χ4v) is 2.74. The number of hydrogen-bond acceptors (Lipinski definition) is 5. The van der Waals surface area contributed by atoms with Gasteiger partial charge in [0.25, 0.3) is 5.69 Å². The number of nitrogens with zero attached hydrogens (tertiary/aromatic N) is 3. The summed E-state index contributed by atoms with van der Waals surface area (Å²) in [6.45, 7) is 0. The van der Waals surface area contributed by atoms with Gasteiger partial charge in [-0.3, -0.25) is 10.1 Å². The summed E-state index contributed by atoms with van der Waals surface area (Å²) >= 11 is 6.25. The van der Waals surface area contributed by atoms with E-state index in [2.05, 4.69) is 4.98 Å². The molecule has 1 heterocycles. The van der Waals surface area contributed by atoms with Gasteiger partial charge in [-0.1, -0.05) is 41.9 Å². The van der Waals surface area contributed by atoms with Crippen molar-refractivity contribution in [2.24, 2.45) is 0 Å². The molecule has 2 aromatic carbocycles. The van der Waals surface area contributed by atoms with E-state index in [1.807, 2.05) is 6.07 Å². The Morgan fingerprint density at radius 1 is 1.12 bits per heavy atom. The first-order valence-corrected chi connectivity index (χ1v) is 7.59. The van der Waals surface area contributed by atoms with Gasteiger partial charge in [-0.25, -0.2) is 4.98 Å². The van der Waals surface area contributed by atoms with Gasteiger partial charge in [0.1, 0.15) is 17.5 Å². The van der Waals surface area contributed by atoms with Crippen LogP contribution in [0.4, 0.5) is 11.5 Å². The molecule has 25 heavy (non-hydrogen) atoms. The van der Waals surface area contributed by atoms with Crippen molar-refractivity contribution in [1.82, 2.24) is 4.98 Å². The van der Waals surface area contributed by atoms with Gasteiger partial charge >= 0.3 is 0 Å². The molecular weight excluding hydrogens is 340 g/mol. The van der Waals surface area contributed by atoms with Crippen molar-refractivity contribution in [1.29, 1.82) is 5.26 Å². The van der Waals surface area contributed by atoms with Crippen LogP contribution in [0, 0.1) is 21.4 Å². The predicted molar refractivity (Wildman–Crippen MR) is 95.9 cm³/mol. The number of aromatic nitrogens is 1. The topological polar surface area (TPSA) is 106 Å². The second-order valence-corrected chi connectivity index (χ2v) is 5.62. The third-order valence-corrected chi connectivity index (χ3v) is 4.01. The molecule has 0 aliphatic carbocycles. The molecule has 122 valence electrons. The highest BCUT2D eigenvalue weighted by Crippen LogP contribution is 2.35. The highest BCUT2D eigenvalue weighted by atomic mass is 35.5. The fraction of sp³-hybridized carbons (Fsp3) is 0. The molecule has 0 aliphatic rings. The van der Waals surface area contributed by atoms with Crippen molar-refractivity contribution in [2.75, 3.05) is 5.73 Å². The molecule has 0 amide bonds. The van der Waals surface area contributed by atoms with Gasteiger partial charge in [-0.05, 0) is 12.1 Å². The van der Waals surface area contributed by atoms with Crippen LogP contribution in [-0.4, -0.2) is 9.91 Å². The molecule has 2 N–H and O–H groups in total. The number of nitro groups is 1. The lowest BCUT2D eigenvalue weighted by atomic mass is 9.98. The van der Waals surface area contributed by atoms with E-state index in [1.165, 1.54) is 12.1 Å². The first-order chi connectivity index (χ1) is 12.0. The molecule has 0 aliphatic heterocycles. The third-order valence-electron chi connectivity index (χ3n) is 3.68. The standard InChI is InChI=1S/C18H11ClN4O2/c19-16-7-2-1-6-13(16)14-9-17(22-18(21)15(14)10-20)11-4-3-5-12(8-11)23(24)25/h1-9H,(H2,21,22). The first kappa shape index (κ1) is 16.4. The van der Waals surface area contributed by atoms with Gasteiger partial charge in [0.15, 0.2) is 0 Å². The van der Waals surface area contributed by atoms with Crippen LogP contribution in [-0.2, 0) is 0 Å². The molecule has 0 spiro atoms. The predicted octanol–water partition coefficient (Wildman–Crippen LogP) is 4.43. The minimum atomic E-state index is -0.481. The SMILES string of the molecule is N#Cc1c(-c2ccccc2Cl)cc(-c2cccc([N+](=O)[O-])c2)nc1N. The molecule has 6 nitrogen and oxygen atoms in total. The van der Waals surface area contributed by atoms with Crippen molar-refractivity contribution in [3.05, 3.63) is 75.3 Å². The summed E-state index contributed by atoms with van der Waals surface area (Å²) in [4.78, 5) is 14.7. The zero-order valence-electron chi connectivity index (χ0n) is 12.8. The summed E-state index contributed by atoms with van der Waals surface area (Å²) in [5, 5.41) is 20.9. The van der Waals surface area contributed by atoms with E-state index in [0.29, 0.717) is 27.4 Å². The van der Waals surface area contributed by atoms with Crippen molar-refractivity contribution in [3.63, 3.8) is 0 Å². The van der Waals surface area contributed by atoms with Crippen LogP contribution in [0.1, 0.15) is 5.56 Å². The molecule has 0 unspecified atom stereocenters. The van der Waals surface area contributed by atoms with Crippen LogP contribution >= 0.6 is 11.6 Å². The minimum Gasteiger partial charge on any atom is -0.383 e. The number of rotatable bonds is 3. The number of anilines is 1. The van der Waals surface area contributed by atoms with E-state index in [4.69, 9.17) is 17.3 Å². The summed E-state index contributed by atoms with van der Waals surface area (Å²) in [5.74, 6) is 0.0430. The number of non-ortho nitro benzene ring substituents is 1. The smallest absolute Gasteiger partial charge is 0.270 e. The summed E-state index contributed by atoms with van der Waals surface area (Å²) in [6.07, 6.45) is 0. The highest BCUT2D eigenvalue weighted by molar-refractivity contribution is 6.33. The Balaban J connectivity index is 2.25. The van der Waals surface area contributed by atoms with Gasteiger partial charge < -0.3 is 5.73 Å². The monoisotopic (exact) mass is 350 g/mol. The van der Waals surface area contributed by atoms with Crippen LogP contribution in [0.25, 0.3) is 22.4 Å². The number of pyridine rings is 1. The van der Waals surface area contributed by atoms with Crippen molar-refractivity contribution in [3.8, 4) is 28.5 Å². The summed E-state index contributed by atoms with van der Waals surface area (Å²) < 4.78 is 0. The second kappa shape index (κ2) is 6.59. The molecule has 0 saturated carbocycles. The summed E-state index contributed by atoms with van der Waals surface area (Å²) in [7, 11) is 0. The molecule has 3 rings (SSSR count). The number of nitrogens with two attached hydrogens (primary N) is 1. The van der Waals surface area contributed by atoms with E-state index in [0.717, 1.165) is 0 Å². The van der Waals surface area contributed by atoms with E-state index < -0.39 is 4.92 Å². The maximum absolute atomic E-state index is 11.0. The molecule has 0 atom stereocenters. The van der Waals surface area contributed by atoms with Crippen molar-refractivity contribution >= 4 is 23.1 Å². The fourth-order valence-electron chi connectivity index (χ4n) is 2.50. The molecule has 0 radical (unpaired) electrons. The Bertz CT molecular complexity index is 1030. The number of hydrogen-bond donors (Lipinski definition) is 1. The number of nitriles is 1. The highest BCUT2D eigenvalue weighted by Gasteiger charge is 2.16. The van der Waals surface area contributed by atoms with Crippen LogP contribution in [0.15, 0.2) is 54.6 Å². The average Bonchev–Trinajstić information content (AvgIpc) is 2.61. The number of nitrogen functional groups attached to an aromatic ring is 1. The quantitative estimate of drug-likeness (QED) is 0.555. The van der Waals surface area contributed by atoms with E-state index in [9.17, 15) is 15.4 Å². The zero-order valence-corrected chi connectivity index (χ0v) is 13.6. The molecule has 1 aromatic heterocycles. The summed E-state index contributed by atoms with van der Waals surface area (Å²) in [6, 6.07) is 16.8. The second-order valence-electron chi connectivity index (χ2n) is 5.21. The van der Waals surface area contributed by atoms with Crippen molar-refractivity contribution in [2.45, 2.75) is 0 Å². The van der Waals surface area contributed by atoms with Gasteiger partial charge in [-0.2, -0.15) is 5.26 Å². The number of nitro benzene ring substituents is 1. The normalized spacial score (nSPS) is 10.2. The lowest BCUT2D eigenvalue weighted by Gasteiger charge is -2.11. The molecule has 0 bridgehead atoms. The maximum Gasteiger partial charge on any atom is 0.270 e. The lowest BCUT2D eigenvalue weighted by Crippen LogP contribution is -2.00. The molecule has 0 fully saturated rings. The molecule has 0 saturated heterocycles. The Morgan fingerprint density at radius 2 is 1.88 bits per heavy atom. The van der Waals surface area contributed by atoms with E-state index in [1.54, 1.807) is 42.5 Å². The molecule has 3 aromatic rings. The van der Waals surface area contributed by atoms with Crippen LogP contribution in [0.3, 0.4) is 0 Å². The van der Waals surface area contributed by atoms with E-state index in [-0.39, 0.29) is 17.1 Å². The number of halogens is 1. The number of benzene rings is 2. The third kappa shape index (κ3) is 3.13. The summed E-state index contributed by atoms with van der Waals surface area (Å²) in [5.41, 5.74) is 8.22. The Morgan fingerprint density at radius 3 is 2.56 bits per heavy atom. The molecular formula is C18H11ClN4O2. The first-order valence-electron chi connectivity index (χ1n) is 7.21. The Hall–Kier alpha value is -3.43. The van der Waals surface area contributed by atoms with E-state index >= 15 is 0 Å². The largest absolute Gasteiger partial charge is 0.383 e. The van der Waals surface area contributed by atoms with Gasteiger partial charge in [0.05, 0.1) is 10.6 Å². The van der Waals surface area contributed by atoms with Crippen LogP contribution < -0.4 is 5.73 Å².